The lowest BCUT2D eigenvalue weighted by atomic mass is 9.68. The maximum Gasteiger partial charge on any atom is 0.0352 e. The van der Waals surface area contributed by atoms with Crippen LogP contribution in [0.4, 0.5) is 0 Å². The van der Waals surface area contributed by atoms with Gasteiger partial charge in [0.1, 0.15) is 0 Å². The Morgan fingerprint density at radius 3 is 2.05 bits per heavy atom. The molecule has 0 spiro atoms. The van der Waals surface area contributed by atoms with Gasteiger partial charge in [0.25, 0.3) is 0 Å². The molecule has 1 nitrogen and oxygen atoms in total. The fourth-order valence-corrected chi connectivity index (χ4v) is 3.78. The van der Waals surface area contributed by atoms with E-state index >= 15 is 0 Å². The van der Waals surface area contributed by atoms with E-state index in [0.29, 0.717) is 11.8 Å². The van der Waals surface area contributed by atoms with Gasteiger partial charge in [-0.1, -0.05) is 72.1 Å². The first-order chi connectivity index (χ1) is 9.85. The largest absolute Gasteiger partial charge is 0.323 e. The molecule has 2 N–H and O–H groups in total. The Hall–Kier alpha value is -0.820. The van der Waals surface area contributed by atoms with Crippen molar-refractivity contribution in [1.29, 1.82) is 0 Å². The zero-order chi connectivity index (χ0) is 15.6. The fraction of sp³-hybridized carbons (Fsp3) is 0.700. The van der Waals surface area contributed by atoms with Crippen LogP contribution < -0.4 is 5.73 Å². The molecule has 0 heterocycles. The van der Waals surface area contributed by atoms with Crippen LogP contribution in [0.5, 0.6) is 0 Å². The van der Waals surface area contributed by atoms with Crippen LogP contribution in [0.15, 0.2) is 18.2 Å². The second kappa shape index (κ2) is 6.52. The summed E-state index contributed by atoms with van der Waals surface area (Å²) in [5, 5.41) is 0. The zero-order valence-electron chi connectivity index (χ0n) is 14.6. The lowest BCUT2D eigenvalue weighted by Gasteiger charge is -2.40. The van der Waals surface area contributed by atoms with E-state index in [-0.39, 0.29) is 11.5 Å². The van der Waals surface area contributed by atoms with Gasteiger partial charge in [-0.05, 0) is 46.8 Å². The van der Waals surface area contributed by atoms with Crippen molar-refractivity contribution < 1.29 is 0 Å². The SMILES string of the molecule is CC(C)c1ccc(C(N)C2(C)CCCCC2)c(C(C)C)c1. The molecule has 0 bridgehead atoms. The molecule has 1 aromatic rings. The third-order valence-corrected chi connectivity index (χ3v) is 5.48. The third-order valence-electron chi connectivity index (χ3n) is 5.48. The molecule has 1 atom stereocenters. The highest BCUT2D eigenvalue weighted by Gasteiger charge is 2.35. The van der Waals surface area contributed by atoms with Gasteiger partial charge in [-0.15, -0.1) is 0 Å². The normalized spacial score (nSPS) is 20.0. The molecule has 0 amide bonds. The molecule has 1 unspecified atom stereocenters. The molecule has 118 valence electrons. The van der Waals surface area contributed by atoms with Crippen LogP contribution in [0.25, 0.3) is 0 Å². The summed E-state index contributed by atoms with van der Waals surface area (Å²) in [5.74, 6) is 1.12. The average Bonchev–Trinajstić information content (AvgIpc) is 2.46. The molecule has 1 heteroatoms. The van der Waals surface area contributed by atoms with E-state index in [2.05, 4.69) is 52.8 Å². The highest BCUT2D eigenvalue weighted by molar-refractivity contribution is 5.38. The molecule has 1 aliphatic carbocycles. The number of hydrogen-bond donors (Lipinski definition) is 1. The summed E-state index contributed by atoms with van der Waals surface area (Å²) in [4.78, 5) is 0. The molecule has 0 radical (unpaired) electrons. The second-order valence-electron chi connectivity index (χ2n) is 7.89. The smallest absolute Gasteiger partial charge is 0.0352 e. The minimum absolute atomic E-state index is 0.177. The van der Waals surface area contributed by atoms with Gasteiger partial charge in [0, 0.05) is 6.04 Å². The standard InChI is InChI=1S/C20H33N/c1-14(2)16-9-10-17(18(13-16)15(3)4)19(21)20(5)11-7-6-8-12-20/h9-10,13-15,19H,6-8,11-12,21H2,1-5H3. The van der Waals surface area contributed by atoms with Crippen LogP contribution in [0.2, 0.25) is 0 Å². The first-order valence-corrected chi connectivity index (χ1v) is 8.74. The number of rotatable bonds is 4. The Labute approximate surface area is 131 Å². The molecule has 0 saturated heterocycles. The van der Waals surface area contributed by atoms with Crippen molar-refractivity contribution in [2.24, 2.45) is 11.1 Å². The summed E-state index contributed by atoms with van der Waals surface area (Å²) in [6.07, 6.45) is 6.61. The van der Waals surface area contributed by atoms with E-state index < -0.39 is 0 Å². The monoisotopic (exact) mass is 287 g/mol. The van der Waals surface area contributed by atoms with E-state index in [1.165, 1.54) is 48.8 Å². The fourth-order valence-electron chi connectivity index (χ4n) is 3.78. The van der Waals surface area contributed by atoms with Crippen molar-refractivity contribution in [1.82, 2.24) is 0 Å². The molecule has 1 aromatic carbocycles. The molecule has 0 aromatic heterocycles. The van der Waals surface area contributed by atoms with Crippen molar-refractivity contribution in [2.75, 3.05) is 0 Å². The molecule has 1 fully saturated rings. The summed E-state index contributed by atoms with van der Waals surface area (Å²) in [6.45, 7) is 11.5. The van der Waals surface area contributed by atoms with Gasteiger partial charge in [0.2, 0.25) is 0 Å². The van der Waals surface area contributed by atoms with Crippen LogP contribution in [0.3, 0.4) is 0 Å². The average molecular weight is 287 g/mol. The summed E-state index contributed by atoms with van der Waals surface area (Å²) in [5.41, 5.74) is 11.3. The molecular weight excluding hydrogens is 254 g/mol. The first kappa shape index (κ1) is 16.5. The van der Waals surface area contributed by atoms with Gasteiger partial charge in [-0.3, -0.25) is 0 Å². The second-order valence-corrected chi connectivity index (χ2v) is 7.89. The van der Waals surface area contributed by atoms with E-state index in [0.717, 1.165) is 0 Å². The lowest BCUT2D eigenvalue weighted by Crippen LogP contribution is -2.34. The van der Waals surface area contributed by atoms with Crippen molar-refractivity contribution in [2.45, 2.75) is 84.6 Å². The lowest BCUT2D eigenvalue weighted by molar-refractivity contribution is 0.169. The molecule has 1 saturated carbocycles. The summed E-state index contributed by atoms with van der Waals surface area (Å²) in [7, 11) is 0. The van der Waals surface area contributed by atoms with Gasteiger partial charge in [-0.2, -0.15) is 0 Å². The predicted octanol–water partition coefficient (Wildman–Crippen LogP) is 5.90. The summed E-state index contributed by atoms with van der Waals surface area (Å²) in [6, 6.07) is 7.18. The Kier molecular flexibility index (Phi) is 5.14. The van der Waals surface area contributed by atoms with E-state index in [1.54, 1.807) is 0 Å². The van der Waals surface area contributed by atoms with Crippen LogP contribution in [-0.2, 0) is 0 Å². The minimum atomic E-state index is 0.177. The van der Waals surface area contributed by atoms with Gasteiger partial charge >= 0.3 is 0 Å². The number of nitrogens with two attached hydrogens (primary N) is 1. The Bertz CT molecular complexity index is 467. The van der Waals surface area contributed by atoms with E-state index in [1.807, 2.05) is 0 Å². The molecule has 2 rings (SSSR count). The van der Waals surface area contributed by atoms with Gasteiger partial charge in [0.15, 0.2) is 0 Å². The molecular formula is C20H33N. The predicted molar refractivity (Wildman–Crippen MR) is 92.7 cm³/mol. The van der Waals surface area contributed by atoms with Crippen molar-refractivity contribution in [3.05, 3.63) is 34.9 Å². The zero-order valence-corrected chi connectivity index (χ0v) is 14.6. The van der Waals surface area contributed by atoms with Gasteiger partial charge < -0.3 is 5.73 Å². The van der Waals surface area contributed by atoms with Crippen LogP contribution in [-0.4, -0.2) is 0 Å². The highest BCUT2D eigenvalue weighted by atomic mass is 14.7. The molecule has 1 aliphatic rings. The number of hydrogen-bond acceptors (Lipinski definition) is 1. The van der Waals surface area contributed by atoms with E-state index in [9.17, 15) is 0 Å². The quantitative estimate of drug-likeness (QED) is 0.732. The topological polar surface area (TPSA) is 26.0 Å². The Morgan fingerprint density at radius 1 is 0.905 bits per heavy atom. The summed E-state index contributed by atoms with van der Waals surface area (Å²) >= 11 is 0. The molecule has 21 heavy (non-hydrogen) atoms. The van der Waals surface area contributed by atoms with E-state index in [4.69, 9.17) is 5.73 Å². The van der Waals surface area contributed by atoms with Crippen LogP contribution in [0.1, 0.15) is 101 Å². The molecule has 0 aliphatic heterocycles. The van der Waals surface area contributed by atoms with Crippen molar-refractivity contribution >= 4 is 0 Å². The highest BCUT2D eigenvalue weighted by Crippen LogP contribution is 2.46. The first-order valence-electron chi connectivity index (χ1n) is 8.74. The minimum Gasteiger partial charge on any atom is -0.323 e. The maximum absolute atomic E-state index is 6.77. The number of benzene rings is 1. The van der Waals surface area contributed by atoms with Gasteiger partial charge in [0.05, 0.1) is 0 Å². The van der Waals surface area contributed by atoms with Gasteiger partial charge in [-0.25, -0.2) is 0 Å². The van der Waals surface area contributed by atoms with Crippen molar-refractivity contribution in [3.8, 4) is 0 Å². The Morgan fingerprint density at radius 2 is 1.52 bits per heavy atom. The third kappa shape index (κ3) is 3.51. The van der Waals surface area contributed by atoms with Crippen LogP contribution >= 0.6 is 0 Å². The summed E-state index contributed by atoms with van der Waals surface area (Å²) < 4.78 is 0. The van der Waals surface area contributed by atoms with Crippen LogP contribution in [0, 0.1) is 5.41 Å². The Balaban J connectivity index is 2.37. The van der Waals surface area contributed by atoms with Crippen molar-refractivity contribution in [3.63, 3.8) is 0 Å². The maximum atomic E-state index is 6.77.